The maximum absolute atomic E-state index is 12.6. The summed E-state index contributed by atoms with van der Waals surface area (Å²) in [6.07, 6.45) is 0. The number of amides is 1. The van der Waals surface area contributed by atoms with E-state index in [1.54, 1.807) is 31.4 Å². The number of ether oxygens (including phenoxy) is 2. The third kappa shape index (κ3) is 3.98. The summed E-state index contributed by atoms with van der Waals surface area (Å²) in [4.78, 5) is 17.5. The summed E-state index contributed by atoms with van der Waals surface area (Å²) in [7, 11) is 1.59. The molecule has 3 aromatic rings. The molecule has 3 rings (SSSR count). The van der Waals surface area contributed by atoms with Crippen molar-refractivity contribution in [1.82, 2.24) is 4.57 Å². The van der Waals surface area contributed by atoms with Crippen molar-refractivity contribution in [3.05, 3.63) is 57.9 Å². The van der Waals surface area contributed by atoms with Crippen molar-refractivity contribution in [2.45, 2.75) is 13.5 Å². The highest BCUT2D eigenvalue weighted by Crippen LogP contribution is 2.25. The number of nitrogens with zero attached hydrogens (tertiary/aromatic N) is 2. The number of hydrogen-bond acceptors (Lipinski definition) is 4. The Morgan fingerprint density at radius 2 is 2.00 bits per heavy atom. The number of methoxy groups -OCH3 is 1. The number of fused-ring (bicyclic) bond motifs is 1. The minimum Gasteiger partial charge on any atom is -0.497 e. The Labute approximate surface area is 160 Å². The van der Waals surface area contributed by atoms with Crippen LogP contribution in [-0.2, 0) is 11.3 Å². The van der Waals surface area contributed by atoms with Crippen molar-refractivity contribution in [1.29, 1.82) is 0 Å². The fraction of sp³-hybridized carbons (Fsp3) is 0.263. The first-order valence-corrected chi connectivity index (χ1v) is 9.42. The van der Waals surface area contributed by atoms with Gasteiger partial charge in [0.2, 0.25) is 0 Å². The van der Waals surface area contributed by atoms with Gasteiger partial charge in [0.15, 0.2) is 4.80 Å². The van der Waals surface area contributed by atoms with Crippen molar-refractivity contribution in [3.63, 3.8) is 0 Å². The average molecular weight is 391 g/mol. The minimum absolute atomic E-state index is 0.305. The first-order chi connectivity index (χ1) is 12.6. The zero-order chi connectivity index (χ0) is 18.5. The van der Waals surface area contributed by atoms with Gasteiger partial charge in [0.25, 0.3) is 5.91 Å². The standard InChI is InChI=1S/C19H19ClN2O3S/c1-3-25-12-11-22-17-15(20)5-4-6-16(17)26-19(22)21-18(23)13-7-9-14(24-2)10-8-13/h4-10H,3,11-12H2,1-2H3. The van der Waals surface area contributed by atoms with E-state index in [2.05, 4.69) is 4.99 Å². The van der Waals surface area contributed by atoms with E-state index in [0.29, 0.717) is 40.9 Å². The fourth-order valence-electron chi connectivity index (χ4n) is 2.56. The molecule has 0 N–H and O–H groups in total. The van der Waals surface area contributed by atoms with Crippen LogP contribution < -0.4 is 9.54 Å². The molecule has 5 nitrogen and oxygen atoms in total. The molecule has 0 saturated carbocycles. The average Bonchev–Trinajstić information content (AvgIpc) is 3.00. The van der Waals surface area contributed by atoms with Crippen LogP contribution >= 0.6 is 22.9 Å². The lowest BCUT2D eigenvalue weighted by molar-refractivity contribution is 0.0996. The molecule has 0 saturated heterocycles. The highest BCUT2D eigenvalue weighted by Gasteiger charge is 2.12. The van der Waals surface area contributed by atoms with E-state index in [4.69, 9.17) is 21.1 Å². The van der Waals surface area contributed by atoms with E-state index in [-0.39, 0.29) is 5.91 Å². The molecule has 1 amide bonds. The molecule has 1 aromatic heterocycles. The Morgan fingerprint density at radius 3 is 2.69 bits per heavy atom. The molecular weight excluding hydrogens is 372 g/mol. The second-order valence-electron chi connectivity index (χ2n) is 5.47. The van der Waals surface area contributed by atoms with Crippen molar-refractivity contribution in [3.8, 4) is 5.75 Å². The SMILES string of the molecule is CCOCCn1c(=NC(=O)c2ccc(OC)cc2)sc2cccc(Cl)c21. The smallest absolute Gasteiger partial charge is 0.279 e. The van der Waals surface area contributed by atoms with Crippen LogP contribution in [0.2, 0.25) is 5.02 Å². The Balaban J connectivity index is 2.04. The van der Waals surface area contributed by atoms with Crippen LogP contribution in [0.1, 0.15) is 17.3 Å². The predicted octanol–water partition coefficient (Wildman–Crippen LogP) is 4.14. The topological polar surface area (TPSA) is 52.8 Å². The summed E-state index contributed by atoms with van der Waals surface area (Å²) in [5.41, 5.74) is 1.38. The second kappa shape index (κ2) is 8.49. The molecular formula is C19H19ClN2O3S. The zero-order valence-electron chi connectivity index (χ0n) is 14.6. The lowest BCUT2D eigenvalue weighted by Crippen LogP contribution is -2.20. The minimum atomic E-state index is -0.305. The number of halogens is 1. The maximum atomic E-state index is 12.6. The molecule has 26 heavy (non-hydrogen) atoms. The molecule has 0 bridgehead atoms. The van der Waals surface area contributed by atoms with Gasteiger partial charge in [-0.3, -0.25) is 4.79 Å². The number of rotatable bonds is 6. The number of benzene rings is 2. The molecule has 1 heterocycles. The largest absolute Gasteiger partial charge is 0.497 e. The van der Waals surface area contributed by atoms with Gasteiger partial charge in [-0.1, -0.05) is 29.0 Å². The van der Waals surface area contributed by atoms with Crippen LogP contribution in [0.15, 0.2) is 47.5 Å². The van der Waals surface area contributed by atoms with E-state index < -0.39 is 0 Å². The van der Waals surface area contributed by atoms with Gasteiger partial charge < -0.3 is 14.0 Å². The van der Waals surface area contributed by atoms with Crippen LogP contribution in [-0.4, -0.2) is 30.8 Å². The molecule has 7 heteroatoms. The summed E-state index contributed by atoms with van der Waals surface area (Å²) in [5, 5.41) is 0.633. The number of aromatic nitrogens is 1. The number of carbonyl (C=O) groups is 1. The van der Waals surface area contributed by atoms with E-state index in [9.17, 15) is 4.79 Å². The Bertz CT molecular complexity index is 977. The monoisotopic (exact) mass is 390 g/mol. The normalized spacial score (nSPS) is 11.9. The van der Waals surface area contributed by atoms with E-state index in [1.807, 2.05) is 29.7 Å². The van der Waals surface area contributed by atoms with Crippen LogP contribution in [0.3, 0.4) is 0 Å². The third-order valence-electron chi connectivity index (χ3n) is 3.85. The van der Waals surface area contributed by atoms with Crippen molar-refractivity contribution >= 4 is 39.1 Å². The molecule has 0 atom stereocenters. The fourth-order valence-corrected chi connectivity index (χ4v) is 3.98. The van der Waals surface area contributed by atoms with Crippen LogP contribution in [0.5, 0.6) is 5.75 Å². The summed E-state index contributed by atoms with van der Waals surface area (Å²) >= 11 is 7.82. The van der Waals surface area contributed by atoms with E-state index >= 15 is 0 Å². The van der Waals surface area contributed by atoms with Crippen molar-refractivity contribution < 1.29 is 14.3 Å². The van der Waals surface area contributed by atoms with E-state index in [0.717, 1.165) is 10.2 Å². The molecule has 0 radical (unpaired) electrons. The van der Waals surface area contributed by atoms with Gasteiger partial charge in [0.1, 0.15) is 5.75 Å². The Kier molecular flexibility index (Phi) is 6.08. The molecule has 0 aliphatic carbocycles. The van der Waals surface area contributed by atoms with Gasteiger partial charge in [-0.05, 0) is 43.3 Å². The molecule has 0 aliphatic heterocycles. The van der Waals surface area contributed by atoms with Gasteiger partial charge in [-0.15, -0.1) is 0 Å². The van der Waals surface area contributed by atoms with Gasteiger partial charge in [-0.25, -0.2) is 0 Å². The predicted molar refractivity (Wildman–Crippen MR) is 104 cm³/mol. The van der Waals surface area contributed by atoms with Crippen LogP contribution in [0.25, 0.3) is 10.2 Å². The van der Waals surface area contributed by atoms with Gasteiger partial charge in [0.05, 0.1) is 29.0 Å². The quantitative estimate of drug-likeness (QED) is 0.594. The second-order valence-corrected chi connectivity index (χ2v) is 6.88. The number of carbonyl (C=O) groups excluding carboxylic acids is 1. The zero-order valence-corrected chi connectivity index (χ0v) is 16.1. The highest BCUT2D eigenvalue weighted by molar-refractivity contribution is 7.16. The summed E-state index contributed by atoms with van der Waals surface area (Å²) in [6, 6.07) is 12.6. The summed E-state index contributed by atoms with van der Waals surface area (Å²) in [6.45, 7) is 3.68. The molecule has 2 aromatic carbocycles. The van der Waals surface area contributed by atoms with E-state index in [1.165, 1.54) is 11.3 Å². The summed E-state index contributed by atoms with van der Waals surface area (Å²) in [5.74, 6) is 0.391. The summed E-state index contributed by atoms with van der Waals surface area (Å²) < 4.78 is 13.5. The number of hydrogen-bond donors (Lipinski definition) is 0. The molecule has 0 fully saturated rings. The Morgan fingerprint density at radius 1 is 1.23 bits per heavy atom. The number of para-hydroxylation sites is 1. The van der Waals surface area contributed by atoms with Crippen LogP contribution in [0.4, 0.5) is 0 Å². The first-order valence-electron chi connectivity index (χ1n) is 8.22. The molecule has 0 aliphatic rings. The first kappa shape index (κ1) is 18.6. The lowest BCUT2D eigenvalue weighted by Gasteiger charge is -2.06. The van der Waals surface area contributed by atoms with Crippen molar-refractivity contribution in [2.24, 2.45) is 4.99 Å². The number of thiazole rings is 1. The van der Waals surface area contributed by atoms with Crippen molar-refractivity contribution in [2.75, 3.05) is 20.3 Å². The van der Waals surface area contributed by atoms with Gasteiger partial charge >= 0.3 is 0 Å². The molecule has 0 spiro atoms. The highest BCUT2D eigenvalue weighted by atomic mass is 35.5. The maximum Gasteiger partial charge on any atom is 0.279 e. The third-order valence-corrected chi connectivity index (χ3v) is 5.20. The Hall–Kier alpha value is -2.15. The lowest BCUT2D eigenvalue weighted by atomic mass is 10.2. The van der Waals surface area contributed by atoms with Gasteiger partial charge in [0, 0.05) is 18.7 Å². The molecule has 136 valence electrons. The van der Waals surface area contributed by atoms with Gasteiger partial charge in [-0.2, -0.15) is 4.99 Å². The van der Waals surface area contributed by atoms with Crippen LogP contribution in [0, 0.1) is 0 Å². The molecule has 0 unspecified atom stereocenters.